The molecular weight excluding hydrogens is 232 g/mol. The number of rotatable bonds is 0. The summed E-state index contributed by atoms with van der Waals surface area (Å²) in [6.45, 7) is 0. The molecule has 1 aliphatic carbocycles. The quantitative estimate of drug-likeness (QED) is 0.577. The molecule has 0 fully saturated rings. The second-order valence-corrected chi connectivity index (χ2v) is 5.48. The van der Waals surface area contributed by atoms with E-state index in [4.69, 9.17) is 0 Å². The van der Waals surface area contributed by atoms with Crippen LogP contribution in [0.3, 0.4) is 0 Å². The molecule has 94 valence electrons. The second-order valence-electron chi connectivity index (χ2n) is 5.48. The van der Waals surface area contributed by atoms with Gasteiger partial charge in [0.2, 0.25) is 0 Å². The summed E-state index contributed by atoms with van der Waals surface area (Å²) in [6.07, 6.45) is 5.01. The van der Waals surface area contributed by atoms with Crippen LogP contribution in [0.25, 0.3) is 21.5 Å². The van der Waals surface area contributed by atoms with Gasteiger partial charge in [0.05, 0.1) is 0 Å². The number of fused-ring (bicyclic) bond motifs is 5. The molecule has 4 rings (SSSR count). The molecule has 3 aromatic rings. The minimum atomic E-state index is 0.345. The first-order chi connectivity index (χ1) is 9.33. The van der Waals surface area contributed by atoms with E-state index in [1.54, 1.807) is 6.07 Å². The molecule has 3 aromatic carbocycles. The Kier molecular flexibility index (Phi) is 2.28. The van der Waals surface area contributed by atoms with E-state index in [2.05, 4.69) is 24.3 Å². The molecule has 1 aliphatic rings. The Morgan fingerprint density at radius 2 is 1.53 bits per heavy atom. The first-order valence-electron chi connectivity index (χ1n) is 6.99. The van der Waals surface area contributed by atoms with E-state index >= 15 is 0 Å². The average Bonchev–Trinajstić information content (AvgIpc) is 2.46. The zero-order valence-corrected chi connectivity index (χ0v) is 10.8. The van der Waals surface area contributed by atoms with Gasteiger partial charge in [0.25, 0.3) is 0 Å². The highest BCUT2D eigenvalue weighted by Crippen LogP contribution is 2.34. The molecule has 19 heavy (non-hydrogen) atoms. The van der Waals surface area contributed by atoms with Crippen molar-refractivity contribution in [3.05, 3.63) is 53.6 Å². The van der Waals surface area contributed by atoms with Crippen LogP contribution < -0.4 is 0 Å². The van der Waals surface area contributed by atoms with Crippen LogP contribution in [0, 0.1) is 0 Å². The lowest BCUT2D eigenvalue weighted by molar-refractivity contribution is 0.476. The molecule has 0 bridgehead atoms. The zero-order valence-electron chi connectivity index (χ0n) is 10.8. The third-order valence-electron chi connectivity index (χ3n) is 4.33. The third kappa shape index (κ3) is 1.61. The van der Waals surface area contributed by atoms with E-state index in [-0.39, 0.29) is 0 Å². The van der Waals surface area contributed by atoms with Crippen LogP contribution in [-0.4, -0.2) is 5.11 Å². The summed E-state index contributed by atoms with van der Waals surface area (Å²) in [6, 6.07) is 14.6. The van der Waals surface area contributed by atoms with E-state index in [1.165, 1.54) is 53.0 Å². The van der Waals surface area contributed by atoms with E-state index in [1.807, 2.05) is 12.1 Å². The molecule has 1 N–H and O–H groups in total. The van der Waals surface area contributed by atoms with E-state index in [0.29, 0.717) is 5.75 Å². The first kappa shape index (κ1) is 10.9. The summed E-state index contributed by atoms with van der Waals surface area (Å²) in [5.74, 6) is 0.345. The lowest BCUT2D eigenvalue weighted by Gasteiger charge is -2.18. The van der Waals surface area contributed by atoms with Crippen molar-refractivity contribution in [3.63, 3.8) is 0 Å². The van der Waals surface area contributed by atoms with Gasteiger partial charge < -0.3 is 5.11 Å². The summed E-state index contributed by atoms with van der Waals surface area (Å²) < 4.78 is 0. The highest BCUT2D eigenvalue weighted by molar-refractivity contribution is 6.09. The summed E-state index contributed by atoms with van der Waals surface area (Å²) >= 11 is 0. The smallest absolute Gasteiger partial charge is 0.116 e. The van der Waals surface area contributed by atoms with Crippen molar-refractivity contribution >= 4 is 21.5 Å². The number of phenolic OH excluding ortho intramolecular Hbond substituents is 1. The van der Waals surface area contributed by atoms with Crippen molar-refractivity contribution in [1.82, 2.24) is 0 Å². The fourth-order valence-electron chi connectivity index (χ4n) is 3.38. The number of hydrogen-bond acceptors (Lipinski definition) is 1. The van der Waals surface area contributed by atoms with E-state index in [0.717, 1.165) is 5.39 Å². The van der Waals surface area contributed by atoms with Gasteiger partial charge in [-0.3, -0.25) is 0 Å². The van der Waals surface area contributed by atoms with Crippen LogP contribution in [0.4, 0.5) is 0 Å². The van der Waals surface area contributed by atoms with Crippen molar-refractivity contribution in [3.8, 4) is 5.75 Å². The predicted molar refractivity (Wildman–Crippen MR) is 79.8 cm³/mol. The number of aromatic hydroxyl groups is 1. The minimum absolute atomic E-state index is 0.345. The fourth-order valence-corrected chi connectivity index (χ4v) is 3.38. The van der Waals surface area contributed by atoms with E-state index < -0.39 is 0 Å². The normalized spacial score (nSPS) is 14.7. The number of benzene rings is 3. The molecular formula is C18H16O. The summed E-state index contributed by atoms with van der Waals surface area (Å²) in [5.41, 5.74) is 3.03. The van der Waals surface area contributed by atoms with Crippen molar-refractivity contribution < 1.29 is 5.11 Å². The van der Waals surface area contributed by atoms with Gasteiger partial charge in [-0.25, -0.2) is 0 Å². The lowest BCUT2D eigenvalue weighted by Crippen LogP contribution is -2.03. The molecule has 1 nitrogen and oxygen atoms in total. The van der Waals surface area contributed by atoms with Gasteiger partial charge in [-0.2, -0.15) is 0 Å². The standard InChI is InChI=1S/C18H16O/c19-14-8-5-13-7-9-16-15-4-2-1-3-12(15)6-10-17(16)18(13)11-14/h5-11,19H,1-4H2. The predicted octanol–water partition coefficient (Wildman–Crippen LogP) is 4.58. The van der Waals surface area contributed by atoms with Gasteiger partial charge in [0.15, 0.2) is 0 Å². The first-order valence-corrected chi connectivity index (χ1v) is 6.99. The molecule has 0 spiro atoms. The Labute approximate surface area is 112 Å². The fraction of sp³-hybridized carbons (Fsp3) is 0.222. The lowest BCUT2D eigenvalue weighted by atomic mass is 9.86. The van der Waals surface area contributed by atoms with Crippen LogP contribution >= 0.6 is 0 Å². The molecule has 0 aliphatic heterocycles. The molecule has 0 heterocycles. The largest absolute Gasteiger partial charge is 0.508 e. The van der Waals surface area contributed by atoms with Crippen LogP contribution in [-0.2, 0) is 12.8 Å². The van der Waals surface area contributed by atoms with Gasteiger partial charge in [-0.05, 0) is 70.5 Å². The van der Waals surface area contributed by atoms with Gasteiger partial charge in [-0.15, -0.1) is 0 Å². The molecule has 0 amide bonds. The number of phenols is 1. The Bertz CT molecular complexity index is 786. The Morgan fingerprint density at radius 3 is 2.47 bits per heavy atom. The molecule has 0 saturated heterocycles. The molecule has 0 aromatic heterocycles. The van der Waals surface area contributed by atoms with Crippen molar-refractivity contribution in [2.24, 2.45) is 0 Å². The summed E-state index contributed by atoms with van der Waals surface area (Å²) in [7, 11) is 0. The molecule has 0 atom stereocenters. The van der Waals surface area contributed by atoms with Gasteiger partial charge in [-0.1, -0.05) is 30.3 Å². The molecule has 1 heteroatoms. The highest BCUT2D eigenvalue weighted by atomic mass is 16.3. The number of hydrogen-bond donors (Lipinski definition) is 1. The zero-order chi connectivity index (χ0) is 12.8. The van der Waals surface area contributed by atoms with Gasteiger partial charge in [0.1, 0.15) is 5.75 Å². The van der Waals surface area contributed by atoms with Crippen molar-refractivity contribution in [2.45, 2.75) is 25.7 Å². The second kappa shape index (κ2) is 3.99. The Balaban J connectivity index is 2.14. The van der Waals surface area contributed by atoms with Crippen molar-refractivity contribution in [1.29, 1.82) is 0 Å². The third-order valence-corrected chi connectivity index (χ3v) is 4.33. The monoisotopic (exact) mass is 248 g/mol. The molecule has 0 unspecified atom stereocenters. The van der Waals surface area contributed by atoms with Gasteiger partial charge >= 0.3 is 0 Å². The maximum absolute atomic E-state index is 9.73. The maximum atomic E-state index is 9.73. The SMILES string of the molecule is Oc1ccc2ccc3c4c(ccc3c2c1)CCCC4. The van der Waals surface area contributed by atoms with Crippen LogP contribution in [0.1, 0.15) is 24.0 Å². The summed E-state index contributed by atoms with van der Waals surface area (Å²) in [5, 5.41) is 14.7. The van der Waals surface area contributed by atoms with Crippen molar-refractivity contribution in [2.75, 3.05) is 0 Å². The molecule has 0 saturated carbocycles. The highest BCUT2D eigenvalue weighted by Gasteiger charge is 2.13. The van der Waals surface area contributed by atoms with Gasteiger partial charge in [0, 0.05) is 0 Å². The van der Waals surface area contributed by atoms with Crippen LogP contribution in [0.5, 0.6) is 5.75 Å². The average molecular weight is 248 g/mol. The maximum Gasteiger partial charge on any atom is 0.116 e. The van der Waals surface area contributed by atoms with Crippen LogP contribution in [0.15, 0.2) is 42.5 Å². The summed E-state index contributed by atoms with van der Waals surface area (Å²) in [4.78, 5) is 0. The Hall–Kier alpha value is -2.02. The Morgan fingerprint density at radius 1 is 0.737 bits per heavy atom. The van der Waals surface area contributed by atoms with E-state index in [9.17, 15) is 5.11 Å². The molecule has 0 radical (unpaired) electrons. The number of aryl methyl sites for hydroxylation is 2. The minimum Gasteiger partial charge on any atom is -0.508 e. The van der Waals surface area contributed by atoms with Crippen LogP contribution in [0.2, 0.25) is 0 Å². The topological polar surface area (TPSA) is 20.2 Å².